The Bertz CT molecular complexity index is 1000. The summed E-state index contributed by atoms with van der Waals surface area (Å²) in [6.45, 7) is 1.58. The van der Waals surface area contributed by atoms with Crippen molar-refractivity contribution >= 4 is 17.5 Å². The summed E-state index contributed by atoms with van der Waals surface area (Å²) >= 11 is 0. The van der Waals surface area contributed by atoms with Gasteiger partial charge in [-0.2, -0.15) is 0 Å². The highest BCUT2D eigenvalue weighted by molar-refractivity contribution is 6.02. The first-order valence-electron chi connectivity index (χ1n) is 10.3. The molecule has 1 atom stereocenters. The minimum atomic E-state index is -0.612. The van der Waals surface area contributed by atoms with Crippen molar-refractivity contribution in [1.82, 2.24) is 10.2 Å². The number of anilines is 1. The third kappa shape index (κ3) is 3.43. The van der Waals surface area contributed by atoms with Crippen molar-refractivity contribution in [2.45, 2.75) is 36.9 Å². The van der Waals surface area contributed by atoms with Crippen molar-refractivity contribution in [1.29, 1.82) is 0 Å². The van der Waals surface area contributed by atoms with E-state index in [4.69, 9.17) is 4.74 Å². The number of piperidine rings is 1. The molecule has 3 aliphatic heterocycles. The molecule has 0 radical (unpaired) electrons. The fourth-order valence-electron chi connectivity index (χ4n) is 4.87. The fraction of sp³-hybridized carbons (Fsp3) is 0.391. The summed E-state index contributed by atoms with van der Waals surface area (Å²) in [5.41, 5.74) is 1.18. The standard InChI is InChI=1S/C23H24FN3O3/c24-17-5-3-4-16(12-17)13-20(28)27-10-8-22(9-11-27)14-23(15-30-22)25-19-7-2-1-6-18(19)21(29)26-23/h1-7,12,25H,8-11,13-15H2,(H,26,29)/t23-/m0/s1. The molecule has 3 heterocycles. The topological polar surface area (TPSA) is 70.7 Å². The molecule has 2 aromatic rings. The second-order valence-corrected chi connectivity index (χ2v) is 8.54. The number of amides is 2. The van der Waals surface area contributed by atoms with Crippen LogP contribution < -0.4 is 10.6 Å². The molecule has 30 heavy (non-hydrogen) atoms. The molecule has 2 spiro atoms. The van der Waals surface area contributed by atoms with Crippen molar-refractivity contribution in [2.24, 2.45) is 0 Å². The van der Waals surface area contributed by atoms with Gasteiger partial charge in [-0.15, -0.1) is 0 Å². The van der Waals surface area contributed by atoms with E-state index >= 15 is 0 Å². The number of likely N-dealkylation sites (tertiary alicyclic amines) is 1. The van der Waals surface area contributed by atoms with E-state index in [0.29, 0.717) is 50.1 Å². The third-order valence-corrected chi connectivity index (χ3v) is 6.42. The predicted octanol–water partition coefficient (Wildman–Crippen LogP) is 2.70. The van der Waals surface area contributed by atoms with Crippen LogP contribution in [-0.2, 0) is 16.0 Å². The van der Waals surface area contributed by atoms with Gasteiger partial charge in [0.05, 0.1) is 24.2 Å². The predicted molar refractivity (Wildman–Crippen MR) is 109 cm³/mol. The van der Waals surface area contributed by atoms with E-state index in [1.165, 1.54) is 12.1 Å². The zero-order valence-electron chi connectivity index (χ0n) is 16.6. The molecule has 2 aromatic carbocycles. The summed E-state index contributed by atoms with van der Waals surface area (Å²) in [5.74, 6) is -0.417. The minimum Gasteiger partial charge on any atom is -0.370 e. The molecule has 2 fully saturated rings. The average Bonchev–Trinajstić information content (AvgIpc) is 3.05. The lowest BCUT2D eigenvalue weighted by atomic mass is 9.84. The molecule has 3 aliphatic rings. The molecule has 0 aromatic heterocycles. The maximum Gasteiger partial charge on any atom is 0.255 e. The minimum absolute atomic E-state index is 0.00109. The Balaban J connectivity index is 1.23. The number of hydrogen-bond acceptors (Lipinski definition) is 4. The smallest absolute Gasteiger partial charge is 0.255 e. The van der Waals surface area contributed by atoms with Gasteiger partial charge in [-0.05, 0) is 42.7 Å². The van der Waals surface area contributed by atoms with Gasteiger partial charge in [0.15, 0.2) is 0 Å². The summed E-state index contributed by atoms with van der Waals surface area (Å²) in [6.07, 6.45) is 2.28. The highest BCUT2D eigenvalue weighted by atomic mass is 19.1. The molecule has 0 unspecified atom stereocenters. The Hall–Kier alpha value is -2.93. The maximum atomic E-state index is 13.4. The molecule has 5 rings (SSSR count). The lowest BCUT2D eigenvalue weighted by Gasteiger charge is -2.41. The Morgan fingerprint density at radius 3 is 2.70 bits per heavy atom. The van der Waals surface area contributed by atoms with Gasteiger partial charge >= 0.3 is 0 Å². The Morgan fingerprint density at radius 2 is 1.90 bits per heavy atom. The van der Waals surface area contributed by atoms with Gasteiger partial charge in [-0.25, -0.2) is 4.39 Å². The van der Waals surface area contributed by atoms with E-state index in [1.54, 1.807) is 18.2 Å². The highest BCUT2D eigenvalue weighted by Gasteiger charge is 2.53. The molecule has 2 saturated heterocycles. The van der Waals surface area contributed by atoms with Crippen molar-refractivity contribution in [2.75, 3.05) is 25.0 Å². The molecule has 6 nitrogen and oxygen atoms in total. The monoisotopic (exact) mass is 409 g/mol. The summed E-state index contributed by atoms with van der Waals surface area (Å²) in [6, 6.07) is 13.6. The van der Waals surface area contributed by atoms with E-state index < -0.39 is 5.66 Å². The van der Waals surface area contributed by atoms with Crippen LogP contribution in [0.15, 0.2) is 48.5 Å². The first-order chi connectivity index (χ1) is 14.5. The van der Waals surface area contributed by atoms with Gasteiger partial charge in [0.1, 0.15) is 11.5 Å². The van der Waals surface area contributed by atoms with Gasteiger partial charge in [0.25, 0.3) is 5.91 Å². The van der Waals surface area contributed by atoms with Crippen LogP contribution in [0.2, 0.25) is 0 Å². The highest BCUT2D eigenvalue weighted by Crippen LogP contribution is 2.42. The molecule has 0 saturated carbocycles. The largest absolute Gasteiger partial charge is 0.370 e. The van der Waals surface area contributed by atoms with Crippen LogP contribution in [-0.4, -0.2) is 47.7 Å². The van der Waals surface area contributed by atoms with Gasteiger partial charge in [0, 0.05) is 25.2 Å². The van der Waals surface area contributed by atoms with Crippen molar-refractivity contribution < 1.29 is 18.7 Å². The van der Waals surface area contributed by atoms with Crippen LogP contribution >= 0.6 is 0 Å². The summed E-state index contributed by atoms with van der Waals surface area (Å²) in [7, 11) is 0. The van der Waals surface area contributed by atoms with E-state index in [0.717, 1.165) is 5.69 Å². The van der Waals surface area contributed by atoms with Crippen molar-refractivity contribution in [3.63, 3.8) is 0 Å². The lowest BCUT2D eigenvalue weighted by molar-refractivity contribution is -0.135. The van der Waals surface area contributed by atoms with Gasteiger partial charge < -0.3 is 20.3 Å². The van der Waals surface area contributed by atoms with Gasteiger partial charge in [0.2, 0.25) is 5.91 Å². The van der Waals surface area contributed by atoms with Crippen LogP contribution in [0.3, 0.4) is 0 Å². The first kappa shape index (κ1) is 19.1. The Kier molecular flexibility index (Phi) is 4.50. The number of fused-ring (bicyclic) bond motifs is 1. The zero-order chi connectivity index (χ0) is 20.8. The molecular weight excluding hydrogens is 385 g/mol. The maximum absolute atomic E-state index is 13.4. The summed E-state index contributed by atoms with van der Waals surface area (Å²) < 4.78 is 19.6. The number of nitrogens with one attached hydrogen (secondary N) is 2. The second-order valence-electron chi connectivity index (χ2n) is 8.54. The van der Waals surface area contributed by atoms with Crippen LogP contribution in [0, 0.1) is 5.82 Å². The number of rotatable bonds is 2. The van der Waals surface area contributed by atoms with Crippen LogP contribution in [0.4, 0.5) is 10.1 Å². The van der Waals surface area contributed by atoms with Crippen molar-refractivity contribution in [3.05, 3.63) is 65.5 Å². The fourth-order valence-corrected chi connectivity index (χ4v) is 4.87. The third-order valence-electron chi connectivity index (χ3n) is 6.42. The quantitative estimate of drug-likeness (QED) is 0.800. The van der Waals surface area contributed by atoms with Gasteiger partial charge in [-0.3, -0.25) is 9.59 Å². The number of hydrogen-bond donors (Lipinski definition) is 2. The SMILES string of the molecule is O=C1N[C@@]2(COC3(CCN(C(=O)Cc4cccc(F)c4)CC3)C2)Nc2ccccc21. The van der Waals surface area contributed by atoms with Gasteiger partial charge in [-0.1, -0.05) is 24.3 Å². The molecule has 7 heteroatoms. The number of benzene rings is 2. The summed E-state index contributed by atoms with van der Waals surface area (Å²) in [5, 5.41) is 6.57. The van der Waals surface area contributed by atoms with E-state index in [9.17, 15) is 14.0 Å². The van der Waals surface area contributed by atoms with E-state index in [1.807, 2.05) is 23.1 Å². The molecule has 0 aliphatic carbocycles. The van der Waals surface area contributed by atoms with Crippen LogP contribution in [0.1, 0.15) is 35.2 Å². The molecule has 2 amide bonds. The number of carbonyl (C=O) groups excluding carboxylic acids is 2. The Morgan fingerprint density at radius 1 is 1.10 bits per heavy atom. The van der Waals surface area contributed by atoms with E-state index in [-0.39, 0.29) is 29.7 Å². The number of halogens is 1. The number of carbonyl (C=O) groups is 2. The average molecular weight is 409 g/mol. The number of ether oxygens (including phenoxy) is 1. The van der Waals surface area contributed by atoms with Crippen molar-refractivity contribution in [3.8, 4) is 0 Å². The molecule has 156 valence electrons. The lowest BCUT2D eigenvalue weighted by Crippen LogP contribution is -2.59. The zero-order valence-corrected chi connectivity index (χ0v) is 16.6. The first-order valence-corrected chi connectivity index (χ1v) is 10.3. The number of para-hydroxylation sites is 1. The molecule has 0 bridgehead atoms. The Labute approximate surface area is 174 Å². The number of nitrogens with zero attached hydrogens (tertiary/aromatic N) is 1. The second kappa shape index (κ2) is 7.09. The van der Waals surface area contributed by atoms with E-state index in [2.05, 4.69) is 10.6 Å². The summed E-state index contributed by atoms with van der Waals surface area (Å²) in [4.78, 5) is 27.0. The molecule has 2 N–H and O–H groups in total. The van der Waals surface area contributed by atoms with Crippen LogP contribution in [0.5, 0.6) is 0 Å². The normalized spacial score (nSPS) is 24.4. The van der Waals surface area contributed by atoms with Crippen LogP contribution in [0.25, 0.3) is 0 Å². The molecular formula is C23H24FN3O3.